The maximum atomic E-state index is 3.56. The lowest BCUT2D eigenvalue weighted by Gasteiger charge is -2.12. The van der Waals surface area contributed by atoms with Gasteiger partial charge in [0.25, 0.3) is 0 Å². The summed E-state index contributed by atoms with van der Waals surface area (Å²) < 4.78 is 0. The van der Waals surface area contributed by atoms with Crippen molar-refractivity contribution in [3.63, 3.8) is 0 Å². The van der Waals surface area contributed by atoms with E-state index in [1.165, 1.54) is 21.3 Å². The fraction of sp³-hybridized carbons (Fsp3) is 0.200. The molecule has 92 valence electrons. The highest BCUT2D eigenvalue weighted by atomic mass is 32.1. The highest BCUT2D eigenvalue weighted by molar-refractivity contribution is 7.10. The number of aromatic amines is 1. The summed E-state index contributed by atoms with van der Waals surface area (Å²) in [6.07, 6.45) is 1.98. The highest BCUT2D eigenvalue weighted by Crippen LogP contribution is 2.19. The molecule has 2 N–H and O–H groups in total. The number of aromatic nitrogens is 1. The van der Waals surface area contributed by atoms with Crippen molar-refractivity contribution >= 4 is 22.2 Å². The predicted molar refractivity (Wildman–Crippen MR) is 77.9 cm³/mol. The van der Waals surface area contributed by atoms with Crippen molar-refractivity contribution in [2.24, 2.45) is 0 Å². The molecule has 0 aliphatic carbocycles. The quantitative estimate of drug-likeness (QED) is 0.723. The molecule has 0 aliphatic rings. The second kappa shape index (κ2) is 4.96. The molecule has 1 atom stereocenters. The van der Waals surface area contributed by atoms with Crippen LogP contribution in [0.5, 0.6) is 0 Å². The molecule has 0 fully saturated rings. The summed E-state index contributed by atoms with van der Waals surface area (Å²) in [4.78, 5) is 4.60. The van der Waals surface area contributed by atoms with Crippen molar-refractivity contribution in [3.8, 4) is 0 Å². The summed E-state index contributed by atoms with van der Waals surface area (Å²) in [5.74, 6) is 0. The van der Waals surface area contributed by atoms with E-state index in [1.807, 2.05) is 6.20 Å². The molecule has 0 bridgehead atoms. The van der Waals surface area contributed by atoms with Gasteiger partial charge in [-0.15, -0.1) is 11.3 Å². The summed E-state index contributed by atoms with van der Waals surface area (Å²) in [5.41, 5.74) is 2.52. The van der Waals surface area contributed by atoms with Crippen LogP contribution in [0.3, 0.4) is 0 Å². The van der Waals surface area contributed by atoms with Crippen molar-refractivity contribution in [2.45, 2.75) is 19.5 Å². The Hall–Kier alpha value is -1.58. The molecule has 0 amide bonds. The smallest absolute Gasteiger partial charge is 0.0454 e. The minimum absolute atomic E-state index is 0.409. The lowest BCUT2D eigenvalue weighted by atomic mass is 10.1. The molecular weight excluding hydrogens is 240 g/mol. The van der Waals surface area contributed by atoms with Gasteiger partial charge >= 0.3 is 0 Å². The number of rotatable bonds is 4. The van der Waals surface area contributed by atoms with Gasteiger partial charge in [0.05, 0.1) is 0 Å². The number of nitrogens with one attached hydrogen (secondary N) is 2. The Morgan fingerprint density at radius 3 is 3.06 bits per heavy atom. The molecule has 0 unspecified atom stereocenters. The normalized spacial score (nSPS) is 12.9. The number of hydrogen-bond donors (Lipinski definition) is 2. The molecule has 18 heavy (non-hydrogen) atoms. The Labute approximate surface area is 111 Å². The van der Waals surface area contributed by atoms with E-state index in [4.69, 9.17) is 0 Å². The third kappa shape index (κ3) is 2.33. The highest BCUT2D eigenvalue weighted by Gasteiger charge is 2.05. The molecule has 0 radical (unpaired) electrons. The first-order chi connectivity index (χ1) is 8.83. The van der Waals surface area contributed by atoms with Gasteiger partial charge in [-0.1, -0.05) is 12.1 Å². The number of hydrogen-bond acceptors (Lipinski definition) is 2. The first-order valence-electron chi connectivity index (χ1n) is 6.16. The number of benzene rings is 1. The van der Waals surface area contributed by atoms with Crippen LogP contribution < -0.4 is 5.32 Å². The van der Waals surface area contributed by atoms with Gasteiger partial charge in [0, 0.05) is 29.2 Å². The van der Waals surface area contributed by atoms with Crippen LogP contribution in [0.25, 0.3) is 10.9 Å². The molecule has 0 aliphatic heterocycles. The minimum atomic E-state index is 0.409. The zero-order chi connectivity index (χ0) is 12.4. The van der Waals surface area contributed by atoms with Gasteiger partial charge in [-0.25, -0.2) is 0 Å². The third-order valence-electron chi connectivity index (χ3n) is 3.20. The number of H-pyrrole nitrogens is 1. The van der Waals surface area contributed by atoms with Crippen molar-refractivity contribution in [1.29, 1.82) is 0 Å². The number of fused-ring (bicyclic) bond motifs is 1. The van der Waals surface area contributed by atoms with Gasteiger partial charge in [-0.2, -0.15) is 0 Å². The zero-order valence-electron chi connectivity index (χ0n) is 10.3. The van der Waals surface area contributed by atoms with Crippen molar-refractivity contribution < 1.29 is 0 Å². The Morgan fingerprint density at radius 2 is 2.22 bits per heavy atom. The van der Waals surface area contributed by atoms with E-state index in [9.17, 15) is 0 Å². The lowest BCUT2D eigenvalue weighted by molar-refractivity contribution is 0.583. The van der Waals surface area contributed by atoms with E-state index in [0.717, 1.165) is 6.54 Å². The largest absolute Gasteiger partial charge is 0.361 e. The van der Waals surface area contributed by atoms with Gasteiger partial charge in [0.1, 0.15) is 0 Å². The standard InChI is InChI=1S/C15H16N2S/c1-11(15-3-2-8-18-15)17-10-12-4-5-14-13(9-12)6-7-16-14/h2-9,11,16-17H,10H2,1H3/t11-/m1/s1. The molecular formula is C15H16N2S. The van der Waals surface area contributed by atoms with E-state index in [0.29, 0.717) is 6.04 Å². The van der Waals surface area contributed by atoms with Crippen molar-refractivity contribution in [2.75, 3.05) is 0 Å². The van der Waals surface area contributed by atoms with Gasteiger partial charge in [0.2, 0.25) is 0 Å². The van der Waals surface area contributed by atoms with Crippen LogP contribution in [0, 0.1) is 0 Å². The van der Waals surface area contributed by atoms with Crippen LogP contribution in [-0.4, -0.2) is 4.98 Å². The topological polar surface area (TPSA) is 27.8 Å². The minimum Gasteiger partial charge on any atom is -0.361 e. The van der Waals surface area contributed by atoms with Crippen LogP contribution in [0.2, 0.25) is 0 Å². The second-order valence-electron chi connectivity index (χ2n) is 4.52. The van der Waals surface area contributed by atoms with E-state index in [-0.39, 0.29) is 0 Å². The van der Waals surface area contributed by atoms with Gasteiger partial charge < -0.3 is 10.3 Å². The van der Waals surface area contributed by atoms with E-state index in [1.54, 1.807) is 11.3 Å². The molecule has 2 heterocycles. The van der Waals surface area contributed by atoms with Crippen LogP contribution in [-0.2, 0) is 6.54 Å². The molecule has 3 heteroatoms. The zero-order valence-corrected chi connectivity index (χ0v) is 11.1. The maximum Gasteiger partial charge on any atom is 0.0454 e. The summed E-state index contributed by atoms with van der Waals surface area (Å²) in [7, 11) is 0. The van der Waals surface area contributed by atoms with Gasteiger partial charge in [-0.3, -0.25) is 0 Å². The molecule has 2 nitrogen and oxygen atoms in total. The fourth-order valence-electron chi connectivity index (χ4n) is 2.12. The molecule has 3 rings (SSSR count). The molecule has 3 aromatic rings. The van der Waals surface area contributed by atoms with E-state index in [2.05, 4.69) is 59.0 Å². The van der Waals surface area contributed by atoms with Crippen LogP contribution in [0.15, 0.2) is 48.0 Å². The van der Waals surface area contributed by atoms with E-state index < -0.39 is 0 Å². The first-order valence-corrected chi connectivity index (χ1v) is 7.04. The van der Waals surface area contributed by atoms with Crippen molar-refractivity contribution in [3.05, 3.63) is 58.4 Å². The SMILES string of the molecule is C[C@@H](NCc1ccc2[nH]ccc2c1)c1cccs1. The van der Waals surface area contributed by atoms with E-state index >= 15 is 0 Å². The molecule has 0 spiro atoms. The lowest BCUT2D eigenvalue weighted by Crippen LogP contribution is -2.16. The summed E-state index contributed by atoms with van der Waals surface area (Å²) >= 11 is 1.80. The summed E-state index contributed by atoms with van der Waals surface area (Å²) in [6.45, 7) is 3.11. The van der Waals surface area contributed by atoms with Gasteiger partial charge in [-0.05, 0) is 47.5 Å². The Bertz CT molecular complexity index is 625. The monoisotopic (exact) mass is 256 g/mol. The molecule has 1 aromatic carbocycles. The average Bonchev–Trinajstić information content (AvgIpc) is 3.05. The summed E-state index contributed by atoms with van der Waals surface area (Å²) in [5, 5.41) is 6.96. The Morgan fingerprint density at radius 1 is 1.28 bits per heavy atom. The average molecular weight is 256 g/mol. The summed E-state index contributed by atoms with van der Waals surface area (Å²) in [6, 6.07) is 13.4. The Kier molecular flexibility index (Phi) is 3.17. The Balaban J connectivity index is 1.69. The maximum absolute atomic E-state index is 3.56. The molecule has 0 saturated heterocycles. The fourth-order valence-corrected chi connectivity index (χ4v) is 2.88. The van der Waals surface area contributed by atoms with Crippen LogP contribution in [0.1, 0.15) is 23.4 Å². The predicted octanol–water partition coefficient (Wildman–Crippen LogP) is 4.08. The number of thiophene rings is 1. The first kappa shape index (κ1) is 11.5. The third-order valence-corrected chi connectivity index (χ3v) is 4.26. The van der Waals surface area contributed by atoms with Crippen LogP contribution >= 0.6 is 11.3 Å². The van der Waals surface area contributed by atoms with Crippen LogP contribution in [0.4, 0.5) is 0 Å². The molecule has 2 aromatic heterocycles. The second-order valence-corrected chi connectivity index (χ2v) is 5.50. The van der Waals surface area contributed by atoms with Gasteiger partial charge in [0.15, 0.2) is 0 Å². The molecule has 0 saturated carbocycles. The van der Waals surface area contributed by atoms with Crippen molar-refractivity contribution in [1.82, 2.24) is 10.3 Å².